The van der Waals surface area contributed by atoms with Crippen molar-refractivity contribution in [3.05, 3.63) is 42.2 Å². The number of amides is 2. The van der Waals surface area contributed by atoms with E-state index in [1.54, 1.807) is 11.1 Å². The molecule has 110 valence electrons. The van der Waals surface area contributed by atoms with Gasteiger partial charge in [0.2, 0.25) is 0 Å². The van der Waals surface area contributed by atoms with Crippen LogP contribution in [0.15, 0.2) is 36.7 Å². The summed E-state index contributed by atoms with van der Waals surface area (Å²) in [5.74, 6) is -0.115. The minimum Gasteiger partial charge on any atom is -0.453 e. The maximum atomic E-state index is 12.3. The summed E-state index contributed by atoms with van der Waals surface area (Å²) < 4.78 is 6.59. The van der Waals surface area contributed by atoms with Crippen LogP contribution in [0.2, 0.25) is 0 Å². The van der Waals surface area contributed by atoms with Gasteiger partial charge in [0.15, 0.2) is 0 Å². The molecular weight excluding hydrogens is 270 g/mol. The van der Waals surface area contributed by atoms with Crippen LogP contribution in [0, 0.1) is 0 Å². The number of likely N-dealkylation sites (tertiary alicyclic amines) is 1. The Balaban J connectivity index is 1.65. The van der Waals surface area contributed by atoms with Gasteiger partial charge in [-0.15, -0.1) is 0 Å². The summed E-state index contributed by atoms with van der Waals surface area (Å²) in [6.07, 6.45) is 4.10. The topological polar surface area (TPSA) is 63.0 Å². The summed E-state index contributed by atoms with van der Waals surface area (Å²) >= 11 is 0. The van der Waals surface area contributed by atoms with Gasteiger partial charge in [0, 0.05) is 37.0 Å². The molecule has 1 saturated heterocycles. The summed E-state index contributed by atoms with van der Waals surface area (Å²) in [7, 11) is 1.36. The highest BCUT2D eigenvalue weighted by molar-refractivity contribution is 5.95. The molecule has 1 N–H and O–H groups in total. The van der Waals surface area contributed by atoms with E-state index >= 15 is 0 Å². The van der Waals surface area contributed by atoms with Gasteiger partial charge in [-0.2, -0.15) is 0 Å². The van der Waals surface area contributed by atoms with E-state index in [9.17, 15) is 9.59 Å². The fourth-order valence-corrected chi connectivity index (χ4v) is 2.62. The van der Waals surface area contributed by atoms with Crippen LogP contribution in [0.3, 0.4) is 0 Å². The minimum atomic E-state index is -0.346. The maximum absolute atomic E-state index is 12.3. The first-order valence-corrected chi connectivity index (χ1v) is 6.88. The first-order valence-electron chi connectivity index (χ1n) is 6.88. The molecule has 6 heteroatoms. The van der Waals surface area contributed by atoms with Gasteiger partial charge in [-0.05, 0) is 24.6 Å². The number of nitrogens with zero attached hydrogens (tertiary/aromatic N) is 2. The van der Waals surface area contributed by atoms with Crippen LogP contribution in [0.5, 0.6) is 0 Å². The second kappa shape index (κ2) is 5.47. The molecule has 0 spiro atoms. The van der Waals surface area contributed by atoms with Crippen molar-refractivity contribution in [2.75, 3.05) is 20.2 Å². The first kappa shape index (κ1) is 13.5. The fraction of sp³-hybridized carbons (Fsp3) is 0.333. The van der Waals surface area contributed by atoms with Gasteiger partial charge in [-0.1, -0.05) is 6.07 Å². The zero-order chi connectivity index (χ0) is 14.8. The van der Waals surface area contributed by atoms with Crippen molar-refractivity contribution in [2.24, 2.45) is 0 Å². The third kappa shape index (κ3) is 2.69. The summed E-state index contributed by atoms with van der Waals surface area (Å²) in [5, 5.41) is 2.96. The number of hydrogen-bond acceptors (Lipinski definition) is 3. The SMILES string of the molecule is COC(=O)N1CC[C@H](NC(=O)c2cc3ccccn3c2)C1. The number of methoxy groups -OCH3 is 1. The number of ether oxygens (including phenoxy) is 1. The lowest BCUT2D eigenvalue weighted by Gasteiger charge is -2.15. The predicted molar refractivity (Wildman–Crippen MR) is 77.2 cm³/mol. The highest BCUT2D eigenvalue weighted by atomic mass is 16.5. The molecule has 0 unspecified atom stereocenters. The Morgan fingerprint density at radius 1 is 1.38 bits per heavy atom. The third-order valence-electron chi connectivity index (χ3n) is 3.72. The molecule has 2 aromatic rings. The number of rotatable bonds is 2. The average Bonchev–Trinajstić information content (AvgIpc) is 3.12. The van der Waals surface area contributed by atoms with Crippen LogP contribution >= 0.6 is 0 Å². The van der Waals surface area contributed by atoms with Crippen LogP contribution in [0.25, 0.3) is 5.52 Å². The second-order valence-corrected chi connectivity index (χ2v) is 5.14. The molecule has 0 saturated carbocycles. The summed E-state index contributed by atoms with van der Waals surface area (Å²) in [6.45, 7) is 1.10. The first-order chi connectivity index (χ1) is 10.2. The van der Waals surface area contributed by atoms with E-state index in [-0.39, 0.29) is 18.0 Å². The molecule has 1 aliphatic heterocycles. The van der Waals surface area contributed by atoms with Crippen molar-refractivity contribution in [1.82, 2.24) is 14.6 Å². The molecule has 0 bridgehead atoms. The largest absolute Gasteiger partial charge is 0.453 e. The summed E-state index contributed by atoms with van der Waals surface area (Å²) in [6, 6.07) is 7.62. The van der Waals surface area contributed by atoms with E-state index in [0.717, 1.165) is 11.9 Å². The summed E-state index contributed by atoms with van der Waals surface area (Å²) in [5.41, 5.74) is 1.60. The zero-order valence-electron chi connectivity index (χ0n) is 11.8. The average molecular weight is 287 g/mol. The van der Waals surface area contributed by atoms with Crippen LogP contribution in [-0.4, -0.2) is 47.5 Å². The Morgan fingerprint density at radius 2 is 2.24 bits per heavy atom. The molecule has 0 aliphatic carbocycles. The van der Waals surface area contributed by atoms with Crippen molar-refractivity contribution in [3.8, 4) is 0 Å². The Bertz CT molecular complexity index is 647. The van der Waals surface area contributed by atoms with Crippen molar-refractivity contribution in [1.29, 1.82) is 0 Å². The molecule has 3 rings (SSSR count). The van der Waals surface area contributed by atoms with Crippen LogP contribution in [0.4, 0.5) is 4.79 Å². The van der Waals surface area contributed by atoms with Gasteiger partial charge in [-0.25, -0.2) is 4.79 Å². The highest BCUT2D eigenvalue weighted by Crippen LogP contribution is 2.13. The van der Waals surface area contributed by atoms with E-state index in [0.29, 0.717) is 18.7 Å². The lowest BCUT2D eigenvalue weighted by atomic mass is 10.2. The second-order valence-electron chi connectivity index (χ2n) is 5.14. The molecule has 3 heterocycles. The number of carbonyl (C=O) groups is 2. The Hall–Kier alpha value is -2.50. The lowest BCUT2D eigenvalue weighted by molar-refractivity contribution is 0.0934. The highest BCUT2D eigenvalue weighted by Gasteiger charge is 2.28. The van der Waals surface area contributed by atoms with Crippen molar-refractivity contribution in [2.45, 2.75) is 12.5 Å². The number of hydrogen-bond donors (Lipinski definition) is 1. The quantitative estimate of drug-likeness (QED) is 0.910. The monoisotopic (exact) mass is 287 g/mol. The predicted octanol–water partition coefficient (Wildman–Crippen LogP) is 1.51. The minimum absolute atomic E-state index is 0.0281. The number of nitrogens with one attached hydrogen (secondary N) is 1. The van der Waals surface area contributed by atoms with Crippen LogP contribution in [0.1, 0.15) is 16.8 Å². The van der Waals surface area contributed by atoms with Gasteiger partial charge in [-0.3, -0.25) is 4.79 Å². The van der Waals surface area contributed by atoms with Crippen molar-refractivity contribution in [3.63, 3.8) is 0 Å². The standard InChI is InChI=1S/C15H17N3O3/c1-21-15(20)18-7-5-12(10-18)16-14(19)11-8-13-4-2-3-6-17(13)9-11/h2-4,6,8-9,12H,5,7,10H2,1H3,(H,16,19)/t12-/m0/s1. The van der Waals surface area contributed by atoms with Crippen LogP contribution in [-0.2, 0) is 4.74 Å². The Morgan fingerprint density at radius 3 is 3.00 bits per heavy atom. The zero-order valence-corrected chi connectivity index (χ0v) is 11.8. The van der Waals surface area contributed by atoms with Gasteiger partial charge in [0.25, 0.3) is 5.91 Å². The van der Waals surface area contributed by atoms with E-state index in [2.05, 4.69) is 10.1 Å². The molecular formula is C15H17N3O3. The third-order valence-corrected chi connectivity index (χ3v) is 3.72. The molecule has 1 fully saturated rings. The molecule has 1 atom stereocenters. The number of pyridine rings is 1. The Kier molecular flexibility index (Phi) is 3.51. The lowest BCUT2D eigenvalue weighted by Crippen LogP contribution is -2.38. The van der Waals surface area contributed by atoms with E-state index < -0.39 is 0 Å². The molecule has 0 radical (unpaired) electrons. The number of aromatic nitrogens is 1. The van der Waals surface area contributed by atoms with Gasteiger partial charge < -0.3 is 19.4 Å². The van der Waals surface area contributed by atoms with Crippen molar-refractivity contribution >= 4 is 17.5 Å². The van der Waals surface area contributed by atoms with E-state index in [4.69, 9.17) is 0 Å². The van der Waals surface area contributed by atoms with E-state index in [1.165, 1.54) is 7.11 Å². The molecule has 2 amide bonds. The molecule has 1 aliphatic rings. The maximum Gasteiger partial charge on any atom is 0.409 e. The number of fused-ring (bicyclic) bond motifs is 1. The van der Waals surface area contributed by atoms with Crippen molar-refractivity contribution < 1.29 is 14.3 Å². The smallest absolute Gasteiger partial charge is 0.409 e. The van der Waals surface area contributed by atoms with Crippen LogP contribution < -0.4 is 5.32 Å². The molecule has 2 aromatic heterocycles. The summed E-state index contributed by atoms with van der Waals surface area (Å²) in [4.78, 5) is 25.3. The van der Waals surface area contributed by atoms with Gasteiger partial charge in [0.05, 0.1) is 12.7 Å². The molecule has 6 nitrogen and oxygen atoms in total. The fourth-order valence-electron chi connectivity index (χ4n) is 2.62. The number of carbonyl (C=O) groups excluding carboxylic acids is 2. The van der Waals surface area contributed by atoms with Gasteiger partial charge in [0.1, 0.15) is 0 Å². The molecule has 21 heavy (non-hydrogen) atoms. The van der Waals surface area contributed by atoms with Gasteiger partial charge >= 0.3 is 6.09 Å². The Labute approximate surface area is 122 Å². The molecule has 0 aromatic carbocycles. The normalized spacial score (nSPS) is 18.0. The van der Waals surface area contributed by atoms with E-state index in [1.807, 2.05) is 34.9 Å².